The molecule has 0 saturated heterocycles. The lowest BCUT2D eigenvalue weighted by atomic mass is 10.1. The standard InChI is InChI=1S/C18H38N2O5SSi2/c1-8-28(9-2,10-3)25-16-12-11-15(17(16)19-18(21)24-4)20-26(22,23)13-14-27(5,6)7/h11-12,15-17,20H,8-10,13-14H2,1-7H3,(H,19,21)/t15-,16-,17+/m1/s1. The quantitative estimate of drug-likeness (QED) is 0.372. The SMILES string of the molecule is CC[Si](CC)(CC)O[C@@H]1C=C[C@@H](NS(=O)(=O)CC[Si](C)(C)C)[C@@H]1NC(=O)OC. The second-order valence-corrected chi connectivity index (χ2v) is 20.9. The highest BCUT2D eigenvalue weighted by Crippen LogP contribution is 2.28. The lowest BCUT2D eigenvalue weighted by molar-refractivity contribution is 0.143. The number of amides is 1. The van der Waals surface area contributed by atoms with Crippen molar-refractivity contribution in [2.75, 3.05) is 12.9 Å². The van der Waals surface area contributed by atoms with Crippen LogP contribution in [-0.4, -0.2) is 62.0 Å². The van der Waals surface area contributed by atoms with Gasteiger partial charge in [0.15, 0.2) is 8.32 Å². The third-order valence-electron chi connectivity index (χ3n) is 5.47. The maximum Gasteiger partial charge on any atom is 0.407 e. The molecule has 0 unspecified atom stereocenters. The summed E-state index contributed by atoms with van der Waals surface area (Å²) in [5, 5.41) is 2.77. The summed E-state index contributed by atoms with van der Waals surface area (Å²) in [6.45, 7) is 12.8. The molecule has 0 radical (unpaired) electrons. The molecular formula is C18H38N2O5SSi2. The fourth-order valence-electron chi connectivity index (χ4n) is 3.26. The zero-order chi connectivity index (χ0) is 21.6. The van der Waals surface area contributed by atoms with E-state index in [1.807, 2.05) is 6.08 Å². The van der Waals surface area contributed by atoms with Gasteiger partial charge in [-0.25, -0.2) is 17.9 Å². The Balaban J connectivity index is 2.96. The predicted octanol–water partition coefficient (Wildman–Crippen LogP) is 3.30. The molecule has 0 aromatic rings. The van der Waals surface area contributed by atoms with Crippen molar-refractivity contribution in [1.82, 2.24) is 10.0 Å². The summed E-state index contributed by atoms with van der Waals surface area (Å²) in [6.07, 6.45) is 2.70. The monoisotopic (exact) mass is 450 g/mol. The van der Waals surface area contributed by atoms with Gasteiger partial charge in [-0.2, -0.15) is 0 Å². The maximum atomic E-state index is 12.6. The van der Waals surface area contributed by atoms with E-state index in [1.54, 1.807) is 6.08 Å². The molecule has 1 rings (SSSR count). The highest BCUT2D eigenvalue weighted by molar-refractivity contribution is 7.89. The molecule has 1 amide bonds. The summed E-state index contributed by atoms with van der Waals surface area (Å²) in [5.74, 6) is 0.0983. The van der Waals surface area contributed by atoms with Gasteiger partial charge in [0, 0.05) is 8.07 Å². The summed E-state index contributed by atoms with van der Waals surface area (Å²) in [7, 11) is -5.57. The Bertz CT molecular complexity index is 637. The highest BCUT2D eigenvalue weighted by atomic mass is 32.2. The van der Waals surface area contributed by atoms with E-state index in [0.717, 1.165) is 18.1 Å². The predicted molar refractivity (Wildman–Crippen MR) is 119 cm³/mol. The Hall–Kier alpha value is -0.686. The molecule has 0 aliphatic heterocycles. The zero-order valence-corrected chi connectivity index (χ0v) is 21.2. The van der Waals surface area contributed by atoms with E-state index >= 15 is 0 Å². The van der Waals surface area contributed by atoms with Crippen LogP contribution in [0.15, 0.2) is 12.2 Å². The molecule has 0 heterocycles. The number of methoxy groups -OCH3 is 1. The third-order valence-corrected chi connectivity index (χ3v) is 13.6. The molecule has 3 atom stereocenters. The molecule has 0 bridgehead atoms. The van der Waals surface area contributed by atoms with E-state index in [0.29, 0.717) is 6.04 Å². The normalized spacial score (nSPS) is 23.0. The van der Waals surface area contributed by atoms with Crippen LogP contribution in [0.25, 0.3) is 0 Å². The molecule has 7 nitrogen and oxygen atoms in total. The first kappa shape index (κ1) is 25.4. The molecule has 2 N–H and O–H groups in total. The fraction of sp³-hybridized carbons (Fsp3) is 0.833. The highest BCUT2D eigenvalue weighted by Gasteiger charge is 2.41. The van der Waals surface area contributed by atoms with Crippen molar-refractivity contribution in [3.05, 3.63) is 12.2 Å². The van der Waals surface area contributed by atoms with Gasteiger partial charge in [0.25, 0.3) is 0 Å². The van der Waals surface area contributed by atoms with Gasteiger partial charge < -0.3 is 14.5 Å². The van der Waals surface area contributed by atoms with E-state index in [-0.39, 0.29) is 11.9 Å². The first-order valence-corrected chi connectivity index (χ1v) is 18.0. The van der Waals surface area contributed by atoms with Crippen molar-refractivity contribution in [3.63, 3.8) is 0 Å². The van der Waals surface area contributed by atoms with E-state index in [1.165, 1.54) is 7.11 Å². The van der Waals surface area contributed by atoms with Crippen LogP contribution >= 0.6 is 0 Å². The van der Waals surface area contributed by atoms with Crippen LogP contribution in [0.2, 0.25) is 43.8 Å². The van der Waals surface area contributed by atoms with Crippen molar-refractivity contribution in [3.8, 4) is 0 Å². The summed E-state index contributed by atoms with van der Waals surface area (Å²) < 4.78 is 39.2. The van der Waals surface area contributed by atoms with Gasteiger partial charge in [-0.1, -0.05) is 52.6 Å². The molecule has 1 aliphatic rings. The van der Waals surface area contributed by atoms with Gasteiger partial charge in [-0.3, -0.25) is 0 Å². The van der Waals surface area contributed by atoms with Crippen LogP contribution in [0.3, 0.4) is 0 Å². The summed E-state index contributed by atoms with van der Waals surface area (Å²) in [6, 6.07) is 2.54. The molecule has 164 valence electrons. The minimum absolute atomic E-state index is 0.0983. The van der Waals surface area contributed by atoms with E-state index in [4.69, 9.17) is 9.16 Å². The molecule has 0 saturated carbocycles. The smallest absolute Gasteiger partial charge is 0.407 e. The number of alkyl carbamates (subject to hydrolysis) is 1. The minimum atomic E-state index is -3.46. The summed E-state index contributed by atoms with van der Waals surface area (Å²) in [4.78, 5) is 11.9. The third kappa shape index (κ3) is 7.62. The molecule has 0 spiro atoms. The van der Waals surface area contributed by atoms with Crippen LogP contribution in [-0.2, 0) is 19.2 Å². The van der Waals surface area contributed by atoms with Crippen molar-refractivity contribution >= 4 is 32.5 Å². The average Bonchev–Trinajstić information content (AvgIpc) is 2.98. The molecule has 28 heavy (non-hydrogen) atoms. The van der Waals surface area contributed by atoms with Gasteiger partial charge in [-0.15, -0.1) is 0 Å². The second-order valence-electron chi connectivity index (χ2n) is 8.65. The summed E-state index contributed by atoms with van der Waals surface area (Å²) >= 11 is 0. The Kier molecular flexibility index (Phi) is 9.39. The Morgan fingerprint density at radius 3 is 2.11 bits per heavy atom. The molecule has 0 fully saturated rings. The van der Waals surface area contributed by atoms with Crippen LogP contribution in [0.5, 0.6) is 0 Å². The van der Waals surface area contributed by atoms with E-state index in [9.17, 15) is 13.2 Å². The summed E-state index contributed by atoms with van der Waals surface area (Å²) in [5.41, 5.74) is 0. The van der Waals surface area contributed by atoms with Crippen LogP contribution < -0.4 is 10.0 Å². The lowest BCUT2D eigenvalue weighted by Crippen LogP contribution is -2.56. The van der Waals surface area contributed by atoms with Crippen molar-refractivity contribution in [2.45, 2.75) is 82.8 Å². The van der Waals surface area contributed by atoms with E-state index in [2.05, 4.69) is 50.5 Å². The number of rotatable bonds is 11. The van der Waals surface area contributed by atoms with Crippen LogP contribution in [0, 0.1) is 0 Å². The molecular weight excluding hydrogens is 412 g/mol. The first-order chi connectivity index (χ1) is 12.9. The Morgan fingerprint density at radius 2 is 1.64 bits per heavy atom. The Morgan fingerprint density at radius 1 is 1.07 bits per heavy atom. The second kappa shape index (κ2) is 10.4. The number of carbonyl (C=O) groups is 1. The van der Waals surface area contributed by atoms with Gasteiger partial charge in [0.05, 0.1) is 31.1 Å². The van der Waals surface area contributed by atoms with Crippen molar-refractivity contribution in [1.29, 1.82) is 0 Å². The zero-order valence-electron chi connectivity index (χ0n) is 18.4. The van der Waals surface area contributed by atoms with Crippen LogP contribution in [0.4, 0.5) is 4.79 Å². The number of hydrogen-bond acceptors (Lipinski definition) is 5. The molecule has 0 aromatic heterocycles. The van der Waals surface area contributed by atoms with Gasteiger partial charge >= 0.3 is 6.09 Å². The topological polar surface area (TPSA) is 93.7 Å². The fourth-order valence-corrected chi connectivity index (χ4v) is 10.3. The van der Waals surface area contributed by atoms with Gasteiger partial charge in [0.2, 0.25) is 10.0 Å². The first-order valence-electron chi connectivity index (χ1n) is 10.1. The van der Waals surface area contributed by atoms with Crippen LogP contribution in [0.1, 0.15) is 20.8 Å². The largest absolute Gasteiger partial charge is 0.453 e. The van der Waals surface area contributed by atoms with Crippen molar-refractivity contribution in [2.24, 2.45) is 0 Å². The van der Waals surface area contributed by atoms with Gasteiger partial charge in [0.1, 0.15) is 0 Å². The number of nitrogens with one attached hydrogen (secondary N) is 2. The minimum Gasteiger partial charge on any atom is -0.453 e. The number of ether oxygens (including phenoxy) is 1. The number of sulfonamides is 1. The molecule has 1 aliphatic carbocycles. The lowest BCUT2D eigenvalue weighted by Gasteiger charge is -2.35. The maximum absolute atomic E-state index is 12.6. The average molecular weight is 451 g/mol. The molecule has 10 heteroatoms. The number of carbonyl (C=O) groups excluding carboxylic acids is 1. The van der Waals surface area contributed by atoms with Crippen molar-refractivity contribution < 1.29 is 22.4 Å². The van der Waals surface area contributed by atoms with Gasteiger partial charge in [-0.05, 0) is 24.2 Å². The molecule has 0 aromatic carbocycles. The Labute approximate surface area is 172 Å². The number of hydrogen-bond donors (Lipinski definition) is 2. The van der Waals surface area contributed by atoms with E-state index < -0.39 is 44.6 Å².